The fourth-order valence-electron chi connectivity index (χ4n) is 4.28. The molecule has 2 saturated heterocycles. The van der Waals surface area contributed by atoms with Gasteiger partial charge in [-0.25, -0.2) is 14.4 Å². The summed E-state index contributed by atoms with van der Waals surface area (Å²) >= 11 is 0. The molecule has 0 radical (unpaired) electrons. The van der Waals surface area contributed by atoms with E-state index in [9.17, 15) is 14.4 Å². The third-order valence-electron chi connectivity index (χ3n) is 6.01. The van der Waals surface area contributed by atoms with Crippen molar-refractivity contribution in [2.45, 2.75) is 50.5 Å². The third-order valence-corrected chi connectivity index (χ3v) is 6.01. The van der Waals surface area contributed by atoms with Crippen molar-refractivity contribution in [3.05, 3.63) is 108 Å². The Morgan fingerprint density at radius 3 is 1.61 bits per heavy atom. The number of hydrogen-bond donors (Lipinski definition) is 0. The lowest BCUT2D eigenvalue weighted by molar-refractivity contribution is -0.246. The Labute approximate surface area is 219 Å². The van der Waals surface area contributed by atoms with E-state index in [1.807, 2.05) is 0 Å². The topological polar surface area (TPSA) is 107 Å². The van der Waals surface area contributed by atoms with Crippen molar-refractivity contribution in [1.82, 2.24) is 0 Å². The average Bonchev–Trinajstić information content (AvgIpc) is 3.41. The molecule has 2 aliphatic heterocycles. The van der Waals surface area contributed by atoms with Gasteiger partial charge in [-0.15, -0.1) is 0 Å². The SMILES string of the molecule is CC1(C)O[C@@H]2O[C@H](C(OC(=O)c3ccccc3)OC(=O)c3ccccc3)[C@@H](OC(=O)c3ccccc3)[C@H]2O1. The molecule has 2 aliphatic rings. The first-order valence-corrected chi connectivity index (χ1v) is 12.1. The summed E-state index contributed by atoms with van der Waals surface area (Å²) in [5.41, 5.74) is 0.766. The predicted octanol–water partition coefficient (Wildman–Crippen LogP) is 4.13. The van der Waals surface area contributed by atoms with Crippen molar-refractivity contribution in [2.75, 3.05) is 0 Å². The Hall–Kier alpha value is -4.05. The summed E-state index contributed by atoms with van der Waals surface area (Å²) in [6, 6.07) is 24.8. The molecule has 0 saturated carbocycles. The Morgan fingerprint density at radius 1 is 0.684 bits per heavy atom. The van der Waals surface area contributed by atoms with Gasteiger partial charge in [-0.05, 0) is 50.2 Å². The maximum absolute atomic E-state index is 13.0. The summed E-state index contributed by atoms with van der Waals surface area (Å²) in [5, 5.41) is 0. The molecule has 2 heterocycles. The standard InChI is InChI=1S/C29H26O9/c1-29(2)37-23-21(33-24(30)18-12-6-3-7-13-18)22(34-28(23)38-29)27(35-25(31)19-14-8-4-9-15-19)36-26(32)20-16-10-5-11-17-20/h3-17,21-23,27-28H,1-2H3/t21-,22+,23-,28+/m1/s1. The van der Waals surface area contributed by atoms with E-state index in [0.29, 0.717) is 5.56 Å². The highest BCUT2D eigenvalue weighted by Crippen LogP contribution is 2.41. The summed E-state index contributed by atoms with van der Waals surface area (Å²) in [7, 11) is 0. The van der Waals surface area contributed by atoms with Crippen LogP contribution in [0.15, 0.2) is 91.0 Å². The van der Waals surface area contributed by atoms with Gasteiger partial charge >= 0.3 is 17.9 Å². The van der Waals surface area contributed by atoms with Gasteiger partial charge in [0.15, 0.2) is 30.4 Å². The summed E-state index contributed by atoms with van der Waals surface area (Å²) in [5.74, 6) is -3.19. The highest BCUT2D eigenvalue weighted by molar-refractivity contribution is 5.91. The van der Waals surface area contributed by atoms with E-state index in [2.05, 4.69) is 0 Å². The molecular formula is C29H26O9. The molecule has 9 heteroatoms. The quantitative estimate of drug-likeness (QED) is 0.337. The average molecular weight is 519 g/mol. The first-order valence-electron chi connectivity index (χ1n) is 12.1. The number of rotatable bonds is 7. The zero-order chi connectivity index (χ0) is 26.7. The number of esters is 3. The van der Waals surface area contributed by atoms with Crippen LogP contribution in [0.1, 0.15) is 44.9 Å². The van der Waals surface area contributed by atoms with Crippen LogP contribution in [0.25, 0.3) is 0 Å². The van der Waals surface area contributed by atoms with Crippen molar-refractivity contribution in [1.29, 1.82) is 0 Å². The molecule has 9 nitrogen and oxygen atoms in total. The summed E-state index contributed by atoms with van der Waals surface area (Å²) < 4.78 is 34.9. The first-order chi connectivity index (χ1) is 18.3. The zero-order valence-corrected chi connectivity index (χ0v) is 20.7. The number of fused-ring (bicyclic) bond motifs is 1. The fourth-order valence-corrected chi connectivity index (χ4v) is 4.28. The molecule has 5 rings (SSSR count). The van der Waals surface area contributed by atoms with Gasteiger partial charge in [0.05, 0.1) is 16.7 Å². The van der Waals surface area contributed by atoms with E-state index in [0.717, 1.165) is 0 Å². The fraction of sp³-hybridized carbons (Fsp3) is 0.276. The van der Waals surface area contributed by atoms with Crippen LogP contribution in [0.2, 0.25) is 0 Å². The molecule has 4 atom stereocenters. The van der Waals surface area contributed by atoms with E-state index in [-0.39, 0.29) is 11.1 Å². The molecule has 0 unspecified atom stereocenters. The van der Waals surface area contributed by atoms with Crippen LogP contribution >= 0.6 is 0 Å². The van der Waals surface area contributed by atoms with Crippen LogP contribution < -0.4 is 0 Å². The monoisotopic (exact) mass is 518 g/mol. The first kappa shape index (κ1) is 25.6. The molecule has 0 aromatic heterocycles. The van der Waals surface area contributed by atoms with Crippen molar-refractivity contribution >= 4 is 17.9 Å². The Morgan fingerprint density at radius 2 is 1.13 bits per heavy atom. The minimum absolute atomic E-state index is 0.234. The van der Waals surface area contributed by atoms with Crippen molar-refractivity contribution < 1.29 is 42.8 Å². The highest BCUT2D eigenvalue weighted by atomic mass is 16.9. The Kier molecular flexibility index (Phi) is 7.24. The molecule has 0 spiro atoms. The predicted molar refractivity (Wildman–Crippen MR) is 132 cm³/mol. The Balaban J connectivity index is 1.45. The smallest absolute Gasteiger partial charge is 0.341 e. The summed E-state index contributed by atoms with van der Waals surface area (Å²) in [6.45, 7) is 3.39. The molecule has 0 amide bonds. The van der Waals surface area contributed by atoms with Gasteiger partial charge in [0.2, 0.25) is 0 Å². The van der Waals surface area contributed by atoms with Gasteiger partial charge in [-0.2, -0.15) is 0 Å². The molecule has 38 heavy (non-hydrogen) atoms. The van der Waals surface area contributed by atoms with Gasteiger partial charge in [0, 0.05) is 0 Å². The minimum atomic E-state index is -1.59. The molecule has 3 aromatic carbocycles. The molecular weight excluding hydrogens is 492 g/mol. The number of ether oxygens (including phenoxy) is 6. The van der Waals surface area contributed by atoms with E-state index < -0.39 is 54.6 Å². The lowest BCUT2D eigenvalue weighted by Crippen LogP contribution is -2.47. The number of hydrogen-bond acceptors (Lipinski definition) is 9. The van der Waals surface area contributed by atoms with Gasteiger partial charge in [0.1, 0.15) is 0 Å². The van der Waals surface area contributed by atoms with E-state index in [1.54, 1.807) is 105 Å². The van der Waals surface area contributed by atoms with Crippen molar-refractivity contribution in [2.24, 2.45) is 0 Å². The normalized spacial score (nSPS) is 23.4. The molecule has 0 N–H and O–H groups in total. The largest absolute Gasteiger partial charge is 0.453 e. The van der Waals surface area contributed by atoms with Crippen molar-refractivity contribution in [3.8, 4) is 0 Å². The highest BCUT2D eigenvalue weighted by Gasteiger charge is 2.60. The molecule has 3 aromatic rings. The maximum atomic E-state index is 13.0. The van der Waals surface area contributed by atoms with E-state index in [1.165, 1.54) is 0 Å². The maximum Gasteiger partial charge on any atom is 0.341 e. The van der Waals surface area contributed by atoms with Crippen LogP contribution in [-0.4, -0.2) is 54.6 Å². The third kappa shape index (κ3) is 5.60. The number of carbonyl (C=O) groups is 3. The second-order valence-corrected chi connectivity index (χ2v) is 9.22. The molecule has 0 bridgehead atoms. The van der Waals surface area contributed by atoms with Crippen LogP contribution in [-0.2, 0) is 28.4 Å². The van der Waals surface area contributed by atoms with Crippen molar-refractivity contribution in [3.63, 3.8) is 0 Å². The Bertz CT molecular complexity index is 1220. The van der Waals surface area contributed by atoms with Crippen LogP contribution in [0, 0.1) is 0 Å². The number of carbonyl (C=O) groups excluding carboxylic acids is 3. The van der Waals surface area contributed by atoms with Crippen LogP contribution in [0.4, 0.5) is 0 Å². The second kappa shape index (κ2) is 10.7. The lowest BCUT2D eigenvalue weighted by Gasteiger charge is -2.30. The van der Waals surface area contributed by atoms with Gasteiger partial charge in [-0.3, -0.25) is 0 Å². The van der Waals surface area contributed by atoms with Gasteiger partial charge < -0.3 is 28.4 Å². The van der Waals surface area contributed by atoms with E-state index in [4.69, 9.17) is 28.4 Å². The summed E-state index contributed by atoms with van der Waals surface area (Å²) in [4.78, 5) is 39.0. The zero-order valence-electron chi connectivity index (χ0n) is 20.7. The van der Waals surface area contributed by atoms with Gasteiger partial charge in [0.25, 0.3) is 6.29 Å². The van der Waals surface area contributed by atoms with E-state index >= 15 is 0 Å². The number of benzene rings is 3. The molecule has 2 fully saturated rings. The molecule has 196 valence electrons. The summed E-state index contributed by atoms with van der Waals surface area (Å²) in [6.07, 6.45) is -5.79. The second-order valence-electron chi connectivity index (χ2n) is 9.22. The minimum Gasteiger partial charge on any atom is -0.453 e. The van der Waals surface area contributed by atoms with Crippen LogP contribution in [0.5, 0.6) is 0 Å². The molecule has 0 aliphatic carbocycles. The van der Waals surface area contributed by atoms with Crippen LogP contribution in [0.3, 0.4) is 0 Å². The lowest BCUT2D eigenvalue weighted by atomic mass is 10.1. The van der Waals surface area contributed by atoms with Gasteiger partial charge in [-0.1, -0.05) is 54.6 Å².